The number of rotatable bonds is 12. The van der Waals surface area contributed by atoms with Crippen LogP contribution in [0.25, 0.3) is 0 Å². The van der Waals surface area contributed by atoms with E-state index in [4.69, 9.17) is 4.74 Å². The summed E-state index contributed by atoms with van der Waals surface area (Å²) in [5.74, 6) is -2.32. The summed E-state index contributed by atoms with van der Waals surface area (Å²) in [6.07, 6.45) is 3.52. The normalized spacial score (nSPS) is 27.2. The smallest absolute Gasteiger partial charge is 0.253 e. The number of alkyl halides is 1. The van der Waals surface area contributed by atoms with Crippen LogP contribution in [-0.4, -0.2) is 81.4 Å². The first-order valence-corrected chi connectivity index (χ1v) is 15.8. The van der Waals surface area contributed by atoms with E-state index in [0.29, 0.717) is 25.9 Å². The third-order valence-electron chi connectivity index (χ3n) is 9.03. The van der Waals surface area contributed by atoms with Crippen molar-refractivity contribution in [3.8, 4) is 0 Å². The highest BCUT2D eigenvalue weighted by molar-refractivity contribution is 9.09. The van der Waals surface area contributed by atoms with Crippen molar-refractivity contribution in [1.82, 2.24) is 9.80 Å². The number of anilines is 1. The van der Waals surface area contributed by atoms with Crippen molar-refractivity contribution in [3.63, 3.8) is 0 Å². The van der Waals surface area contributed by atoms with Crippen LogP contribution in [0.5, 0.6) is 0 Å². The summed E-state index contributed by atoms with van der Waals surface area (Å²) >= 11 is 3.77. The lowest BCUT2D eigenvalue weighted by Gasteiger charge is -2.38. The predicted molar refractivity (Wildman–Crippen MR) is 170 cm³/mol. The van der Waals surface area contributed by atoms with Crippen molar-refractivity contribution in [3.05, 3.63) is 90.5 Å². The van der Waals surface area contributed by atoms with Crippen molar-refractivity contribution < 1.29 is 24.2 Å². The number of halogens is 1. The first-order valence-electron chi connectivity index (χ1n) is 14.9. The minimum Gasteiger partial charge on any atom is -0.396 e. The number of amides is 3. The molecule has 3 saturated heterocycles. The number of likely N-dealkylation sites (tertiary alicyclic amines) is 1. The van der Waals surface area contributed by atoms with Crippen molar-refractivity contribution >= 4 is 39.3 Å². The topological polar surface area (TPSA) is 90.4 Å². The zero-order chi connectivity index (χ0) is 30.9. The van der Waals surface area contributed by atoms with Gasteiger partial charge in [0.15, 0.2) is 0 Å². The molecule has 3 fully saturated rings. The third-order valence-corrected chi connectivity index (χ3v) is 9.87. The molecule has 3 heterocycles. The summed E-state index contributed by atoms with van der Waals surface area (Å²) in [5.41, 5.74) is 2.41. The zero-order valence-corrected chi connectivity index (χ0v) is 26.4. The number of hydrogen-bond donors (Lipinski definition) is 1. The van der Waals surface area contributed by atoms with Gasteiger partial charge in [-0.25, -0.2) is 0 Å². The van der Waals surface area contributed by atoms with Crippen LogP contribution in [-0.2, 0) is 25.7 Å². The van der Waals surface area contributed by atoms with Gasteiger partial charge in [0.05, 0.1) is 17.9 Å². The monoisotopic (exact) mass is 649 g/mol. The van der Waals surface area contributed by atoms with Crippen LogP contribution in [0.15, 0.2) is 73.8 Å². The number of ether oxygens (including phenoxy) is 1. The molecule has 8 nitrogen and oxygen atoms in total. The molecule has 3 aliphatic heterocycles. The molecule has 9 heteroatoms. The van der Waals surface area contributed by atoms with Crippen LogP contribution in [0, 0.1) is 25.7 Å². The number of carbonyl (C=O) groups is 3. The first kappa shape index (κ1) is 31.2. The SMILES string of the molecule is C=CCN(Cc1ccccc1)C(=O)[C@H]1[C@@H]2OC3(CC2Br)C(C(=O)N(CC=C)c2c(C)cccc2C)N(CCCO)C(=O)[C@H]13. The van der Waals surface area contributed by atoms with Crippen LogP contribution in [0.3, 0.4) is 0 Å². The molecule has 2 bridgehead atoms. The van der Waals surface area contributed by atoms with E-state index in [1.807, 2.05) is 62.4 Å². The maximum absolute atomic E-state index is 14.8. The molecular formula is C34H40BrN3O5. The second-order valence-electron chi connectivity index (χ2n) is 11.7. The fourth-order valence-electron chi connectivity index (χ4n) is 7.38. The molecule has 3 amide bonds. The van der Waals surface area contributed by atoms with Gasteiger partial charge in [-0.1, -0.05) is 76.6 Å². The number of nitrogens with zero attached hydrogens (tertiary/aromatic N) is 3. The van der Waals surface area contributed by atoms with Gasteiger partial charge in [-0.2, -0.15) is 0 Å². The average molecular weight is 651 g/mol. The quantitative estimate of drug-likeness (QED) is 0.275. The summed E-state index contributed by atoms with van der Waals surface area (Å²) in [4.78, 5) is 48.2. The highest BCUT2D eigenvalue weighted by Crippen LogP contribution is 2.60. The number of aliphatic hydroxyl groups is 1. The van der Waals surface area contributed by atoms with E-state index in [2.05, 4.69) is 29.1 Å². The highest BCUT2D eigenvalue weighted by atomic mass is 79.9. The Bertz CT molecular complexity index is 1380. The number of aliphatic hydroxyl groups excluding tert-OH is 1. The molecule has 5 rings (SSSR count). The fourth-order valence-corrected chi connectivity index (χ4v) is 8.32. The number of aryl methyl sites for hydroxylation is 2. The maximum atomic E-state index is 14.8. The van der Waals surface area contributed by atoms with Crippen LogP contribution >= 0.6 is 15.9 Å². The Morgan fingerprint density at radius 1 is 1.07 bits per heavy atom. The summed E-state index contributed by atoms with van der Waals surface area (Å²) in [7, 11) is 0. The highest BCUT2D eigenvalue weighted by Gasteiger charge is 2.76. The Morgan fingerprint density at radius 2 is 1.74 bits per heavy atom. The Morgan fingerprint density at radius 3 is 2.37 bits per heavy atom. The molecule has 0 aliphatic carbocycles. The van der Waals surface area contributed by atoms with Crippen molar-refractivity contribution in [2.45, 2.75) is 55.8 Å². The molecule has 0 aromatic heterocycles. The molecular weight excluding hydrogens is 610 g/mol. The van der Waals surface area contributed by atoms with Crippen LogP contribution in [0.1, 0.15) is 29.5 Å². The summed E-state index contributed by atoms with van der Waals surface area (Å²) < 4.78 is 6.73. The molecule has 3 unspecified atom stereocenters. The number of benzene rings is 2. The van der Waals surface area contributed by atoms with Gasteiger partial charge in [0, 0.05) is 43.3 Å². The minimum atomic E-state index is -1.19. The second-order valence-corrected chi connectivity index (χ2v) is 12.9. The zero-order valence-electron chi connectivity index (χ0n) is 24.8. The molecule has 0 saturated carbocycles. The maximum Gasteiger partial charge on any atom is 0.253 e. The van der Waals surface area contributed by atoms with Crippen molar-refractivity contribution in [2.24, 2.45) is 11.8 Å². The van der Waals surface area contributed by atoms with Crippen molar-refractivity contribution in [2.75, 3.05) is 31.1 Å². The first-order chi connectivity index (χ1) is 20.7. The van der Waals surface area contributed by atoms with Gasteiger partial charge in [-0.3, -0.25) is 14.4 Å². The van der Waals surface area contributed by atoms with Gasteiger partial charge in [-0.05, 0) is 43.4 Å². The second kappa shape index (κ2) is 12.8. The van der Waals surface area contributed by atoms with Crippen LogP contribution < -0.4 is 4.90 Å². The van der Waals surface area contributed by atoms with E-state index in [-0.39, 0.29) is 42.2 Å². The van der Waals surface area contributed by atoms with Crippen LogP contribution in [0.2, 0.25) is 0 Å². The molecule has 2 aromatic carbocycles. The molecule has 0 radical (unpaired) electrons. The van der Waals surface area contributed by atoms with Gasteiger partial charge >= 0.3 is 0 Å². The van der Waals surface area contributed by atoms with E-state index in [9.17, 15) is 19.5 Å². The summed E-state index contributed by atoms with van der Waals surface area (Å²) in [6.45, 7) is 12.7. The van der Waals surface area contributed by atoms with Gasteiger partial charge in [0.25, 0.3) is 5.91 Å². The van der Waals surface area contributed by atoms with Gasteiger partial charge in [-0.15, -0.1) is 13.2 Å². The van der Waals surface area contributed by atoms with E-state index in [1.165, 1.54) is 0 Å². The summed E-state index contributed by atoms with van der Waals surface area (Å²) in [5, 5.41) is 9.71. The van der Waals surface area contributed by atoms with E-state index in [1.54, 1.807) is 26.9 Å². The molecule has 6 atom stereocenters. The average Bonchev–Trinajstić information content (AvgIpc) is 3.58. The van der Waals surface area contributed by atoms with Crippen molar-refractivity contribution in [1.29, 1.82) is 0 Å². The van der Waals surface area contributed by atoms with Gasteiger partial charge < -0.3 is 24.5 Å². The van der Waals surface area contributed by atoms with Gasteiger partial charge in [0.1, 0.15) is 11.6 Å². The fraction of sp³-hybridized carbons (Fsp3) is 0.441. The lowest BCUT2D eigenvalue weighted by atomic mass is 9.70. The number of para-hydroxylation sites is 1. The molecule has 3 aliphatic rings. The number of fused-ring (bicyclic) bond motifs is 1. The molecule has 2 aromatic rings. The third kappa shape index (κ3) is 5.36. The minimum absolute atomic E-state index is 0.132. The number of hydrogen-bond acceptors (Lipinski definition) is 5. The Balaban J connectivity index is 1.57. The van der Waals surface area contributed by atoms with Crippen LogP contribution in [0.4, 0.5) is 5.69 Å². The van der Waals surface area contributed by atoms with E-state index < -0.39 is 29.6 Å². The predicted octanol–water partition coefficient (Wildman–Crippen LogP) is 4.17. The Hall–Kier alpha value is -3.27. The number of carbonyl (C=O) groups excluding carboxylic acids is 3. The Kier molecular flexibility index (Phi) is 9.25. The van der Waals surface area contributed by atoms with E-state index >= 15 is 0 Å². The lowest BCUT2D eigenvalue weighted by molar-refractivity contribution is -0.145. The summed E-state index contributed by atoms with van der Waals surface area (Å²) in [6, 6.07) is 14.6. The van der Waals surface area contributed by atoms with E-state index in [0.717, 1.165) is 22.4 Å². The Labute approximate surface area is 262 Å². The molecule has 43 heavy (non-hydrogen) atoms. The lowest BCUT2D eigenvalue weighted by Crippen LogP contribution is -2.57. The molecule has 228 valence electrons. The standard InChI is InChI=1S/C34H40BrN3O5/c1-5-16-36(21-24-14-8-7-9-15-24)31(40)26-27-32(41)38(18-11-19-39)30(34(27)20-25(35)29(26)43-34)33(42)37(17-6-2)28-22(3)12-10-13-23(28)4/h5-10,12-15,25-27,29-30,39H,1-2,11,16-21H2,3-4H3/t25?,26-,27+,29-,30?,34?/m1/s1. The van der Waals surface area contributed by atoms with Gasteiger partial charge in [0.2, 0.25) is 11.8 Å². The molecule has 1 spiro atoms. The largest absolute Gasteiger partial charge is 0.396 e. The molecule has 1 N–H and O–H groups in total.